The number of aliphatic carboxylic acids is 1. The maximum absolute atomic E-state index is 13.8. The predicted molar refractivity (Wildman–Crippen MR) is 111 cm³/mol. The minimum absolute atomic E-state index is 0.0669. The summed E-state index contributed by atoms with van der Waals surface area (Å²) in [4.78, 5) is 16.2. The molecular formula is C21H27FN2O4S. The molecule has 0 bridgehead atoms. The molecule has 0 radical (unpaired) electrons. The summed E-state index contributed by atoms with van der Waals surface area (Å²) in [5.41, 5.74) is 1.77. The standard InChI is InChI=1S/C21H27FN2O4S/c1-3-29-20-19(21(26)27)14(2)9-18(23-7-8-28-17(12-23)13-25)24(20)11-15-5-4-6-16(22)10-15/h4-6,9-10,17-18,25H,3,7-8,11-13H2,1-2H3,(H,26,27)/t17-,18?/m1/s1. The van der Waals surface area contributed by atoms with Crippen LogP contribution in [0.25, 0.3) is 0 Å². The van der Waals surface area contributed by atoms with Gasteiger partial charge in [0, 0.05) is 19.6 Å². The Kier molecular flexibility index (Phi) is 7.34. The Balaban J connectivity index is 2.01. The molecule has 1 saturated heterocycles. The summed E-state index contributed by atoms with van der Waals surface area (Å²) < 4.78 is 19.4. The first-order chi connectivity index (χ1) is 13.9. The molecule has 0 spiro atoms. The second kappa shape index (κ2) is 9.75. The monoisotopic (exact) mass is 422 g/mol. The molecule has 2 N–H and O–H groups in total. The third kappa shape index (κ3) is 5.01. The van der Waals surface area contributed by atoms with Crippen molar-refractivity contribution in [3.05, 3.63) is 57.9 Å². The van der Waals surface area contributed by atoms with Crippen molar-refractivity contribution in [2.75, 3.05) is 32.1 Å². The molecule has 3 rings (SSSR count). The van der Waals surface area contributed by atoms with Crippen LogP contribution in [0.4, 0.5) is 4.39 Å². The second-order valence-corrected chi connectivity index (χ2v) is 8.36. The van der Waals surface area contributed by atoms with E-state index >= 15 is 0 Å². The lowest BCUT2D eigenvalue weighted by Crippen LogP contribution is -2.55. The van der Waals surface area contributed by atoms with E-state index in [-0.39, 0.29) is 30.3 Å². The number of halogens is 1. The summed E-state index contributed by atoms with van der Waals surface area (Å²) in [7, 11) is 0. The zero-order valence-corrected chi connectivity index (χ0v) is 17.5. The quantitative estimate of drug-likeness (QED) is 0.700. The number of carboxylic acids is 1. The number of aliphatic hydroxyl groups excluding tert-OH is 1. The summed E-state index contributed by atoms with van der Waals surface area (Å²) in [5, 5.41) is 20.1. The minimum atomic E-state index is -0.965. The lowest BCUT2D eigenvalue weighted by molar-refractivity contribution is -0.132. The van der Waals surface area contributed by atoms with E-state index in [4.69, 9.17) is 4.74 Å². The fourth-order valence-corrected chi connectivity index (χ4v) is 4.78. The number of morpholine rings is 1. The molecule has 8 heteroatoms. The van der Waals surface area contributed by atoms with Gasteiger partial charge in [-0.05, 0) is 42.0 Å². The molecule has 6 nitrogen and oxygen atoms in total. The van der Waals surface area contributed by atoms with Gasteiger partial charge in [-0.2, -0.15) is 0 Å². The van der Waals surface area contributed by atoms with Gasteiger partial charge in [0.2, 0.25) is 0 Å². The van der Waals surface area contributed by atoms with Gasteiger partial charge in [0.25, 0.3) is 0 Å². The van der Waals surface area contributed by atoms with Crippen molar-refractivity contribution in [1.82, 2.24) is 9.80 Å². The van der Waals surface area contributed by atoms with Crippen LogP contribution in [0.2, 0.25) is 0 Å². The van der Waals surface area contributed by atoms with Crippen molar-refractivity contribution >= 4 is 17.7 Å². The Bertz CT molecular complexity index is 814. The van der Waals surface area contributed by atoms with Crippen LogP contribution in [0.15, 0.2) is 46.5 Å². The van der Waals surface area contributed by atoms with E-state index in [2.05, 4.69) is 4.90 Å². The van der Waals surface area contributed by atoms with Gasteiger partial charge in [0.1, 0.15) is 12.0 Å². The highest BCUT2D eigenvalue weighted by molar-refractivity contribution is 8.03. The van der Waals surface area contributed by atoms with Crippen LogP contribution < -0.4 is 0 Å². The number of rotatable bonds is 7. The summed E-state index contributed by atoms with van der Waals surface area (Å²) in [6, 6.07) is 6.38. The van der Waals surface area contributed by atoms with Crippen LogP contribution in [0.1, 0.15) is 19.4 Å². The Morgan fingerprint density at radius 1 is 1.41 bits per heavy atom. The van der Waals surface area contributed by atoms with Gasteiger partial charge in [-0.25, -0.2) is 9.18 Å². The van der Waals surface area contributed by atoms with Crippen molar-refractivity contribution in [2.45, 2.75) is 32.7 Å². The fourth-order valence-electron chi connectivity index (χ4n) is 3.77. The second-order valence-electron chi connectivity index (χ2n) is 7.11. The minimum Gasteiger partial charge on any atom is -0.478 e. The topological polar surface area (TPSA) is 73.2 Å². The van der Waals surface area contributed by atoms with Crippen molar-refractivity contribution < 1.29 is 24.1 Å². The highest BCUT2D eigenvalue weighted by Crippen LogP contribution is 2.37. The number of nitrogens with zero attached hydrogens (tertiary/aromatic N) is 2. The number of ether oxygens (including phenoxy) is 1. The molecule has 1 fully saturated rings. The SMILES string of the molecule is CCSC1=C(C(=O)O)C(C)=CC(N2CCO[C@@H](CO)C2)N1Cc1cccc(F)c1. The van der Waals surface area contributed by atoms with E-state index in [0.717, 1.165) is 5.56 Å². The number of aliphatic hydroxyl groups is 1. The third-order valence-corrected chi connectivity index (χ3v) is 6.07. The van der Waals surface area contributed by atoms with Gasteiger partial charge < -0.3 is 19.8 Å². The van der Waals surface area contributed by atoms with Gasteiger partial charge >= 0.3 is 5.97 Å². The van der Waals surface area contributed by atoms with Gasteiger partial charge in [-0.15, -0.1) is 11.8 Å². The molecule has 0 aromatic heterocycles. The van der Waals surface area contributed by atoms with Crippen molar-refractivity contribution in [1.29, 1.82) is 0 Å². The summed E-state index contributed by atoms with van der Waals surface area (Å²) in [6.45, 7) is 5.81. The molecule has 29 heavy (non-hydrogen) atoms. The third-order valence-electron chi connectivity index (χ3n) is 5.07. The molecule has 0 amide bonds. The highest BCUT2D eigenvalue weighted by Gasteiger charge is 2.36. The maximum Gasteiger partial charge on any atom is 0.338 e. The van der Waals surface area contributed by atoms with E-state index in [1.807, 2.05) is 30.9 Å². The van der Waals surface area contributed by atoms with Crippen LogP contribution in [0, 0.1) is 5.82 Å². The van der Waals surface area contributed by atoms with Crippen LogP contribution in [-0.4, -0.2) is 70.3 Å². The van der Waals surface area contributed by atoms with Gasteiger partial charge in [0.15, 0.2) is 0 Å². The molecule has 1 unspecified atom stereocenters. The zero-order valence-electron chi connectivity index (χ0n) is 16.7. The van der Waals surface area contributed by atoms with Crippen molar-refractivity contribution in [3.8, 4) is 0 Å². The lowest BCUT2D eigenvalue weighted by atomic mass is 10.0. The van der Waals surface area contributed by atoms with Crippen LogP contribution in [-0.2, 0) is 16.1 Å². The molecule has 0 aliphatic carbocycles. The average molecular weight is 423 g/mol. The largest absolute Gasteiger partial charge is 0.478 e. The molecule has 2 heterocycles. The summed E-state index contributed by atoms with van der Waals surface area (Å²) in [6.07, 6.45) is 1.47. The molecule has 2 aliphatic heterocycles. The number of thioether (sulfide) groups is 1. The first kappa shape index (κ1) is 21.8. The Labute approximate surface area is 174 Å². The predicted octanol–water partition coefficient (Wildman–Crippen LogP) is 2.66. The smallest absolute Gasteiger partial charge is 0.338 e. The maximum atomic E-state index is 13.8. The number of hydrogen-bond acceptors (Lipinski definition) is 6. The number of benzene rings is 1. The molecule has 2 aliphatic rings. The Morgan fingerprint density at radius 2 is 2.21 bits per heavy atom. The summed E-state index contributed by atoms with van der Waals surface area (Å²) in [5.74, 6) is -0.567. The van der Waals surface area contributed by atoms with Crippen LogP contribution in [0.3, 0.4) is 0 Å². The molecular weight excluding hydrogens is 395 g/mol. The molecule has 1 aromatic carbocycles. The van der Waals surface area contributed by atoms with E-state index in [1.165, 1.54) is 23.9 Å². The Morgan fingerprint density at radius 3 is 2.86 bits per heavy atom. The van der Waals surface area contributed by atoms with Gasteiger partial charge in [0.05, 0.1) is 29.9 Å². The van der Waals surface area contributed by atoms with Gasteiger partial charge in [-0.1, -0.05) is 19.1 Å². The lowest BCUT2D eigenvalue weighted by Gasteiger charge is -2.46. The molecule has 2 atom stereocenters. The number of carbonyl (C=O) groups is 1. The fraction of sp³-hybridized carbons (Fsp3) is 0.476. The van der Waals surface area contributed by atoms with Gasteiger partial charge in [-0.3, -0.25) is 4.90 Å². The number of carboxylic acid groups (broad SMARTS) is 1. The first-order valence-corrected chi connectivity index (χ1v) is 10.7. The van der Waals surface area contributed by atoms with E-state index in [9.17, 15) is 19.4 Å². The number of hydrogen-bond donors (Lipinski definition) is 2. The average Bonchev–Trinajstić information content (AvgIpc) is 2.69. The highest BCUT2D eigenvalue weighted by atomic mass is 32.2. The van der Waals surface area contributed by atoms with E-state index in [1.54, 1.807) is 6.07 Å². The first-order valence-electron chi connectivity index (χ1n) is 9.71. The normalized spacial score (nSPS) is 23.3. The summed E-state index contributed by atoms with van der Waals surface area (Å²) >= 11 is 1.48. The van der Waals surface area contributed by atoms with Crippen LogP contribution in [0.5, 0.6) is 0 Å². The molecule has 1 aromatic rings. The van der Waals surface area contributed by atoms with Crippen LogP contribution >= 0.6 is 11.8 Å². The van der Waals surface area contributed by atoms with Crippen molar-refractivity contribution in [3.63, 3.8) is 0 Å². The zero-order chi connectivity index (χ0) is 21.0. The Hall–Kier alpha value is -1.87. The van der Waals surface area contributed by atoms with E-state index < -0.39 is 5.97 Å². The molecule has 0 saturated carbocycles. The van der Waals surface area contributed by atoms with E-state index in [0.29, 0.717) is 42.6 Å². The van der Waals surface area contributed by atoms with Crippen molar-refractivity contribution in [2.24, 2.45) is 0 Å². The molecule has 158 valence electrons.